The van der Waals surface area contributed by atoms with Crippen molar-refractivity contribution in [1.29, 1.82) is 0 Å². The fourth-order valence-corrected chi connectivity index (χ4v) is 2.72. The van der Waals surface area contributed by atoms with Gasteiger partial charge in [0.1, 0.15) is 0 Å². The van der Waals surface area contributed by atoms with Crippen LogP contribution in [-0.4, -0.2) is 28.0 Å². The monoisotopic (exact) mass is 315 g/mol. The molecule has 0 fully saturated rings. The Bertz CT molecular complexity index is 238. The molecule has 0 amide bonds. The van der Waals surface area contributed by atoms with Crippen molar-refractivity contribution in [2.24, 2.45) is 5.73 Å². The molecule has 0 aliphatic carbocycles. The minimum Gasteiger partial charge on any atom is -0.393 e. The molecule has 0 aromatic rings. The highest BCUT2D eigenvalue weighted by Gasteiger charge is 2.24. The maximum Gasteiger partial charge on any atom is 0.0738 e. The van der Waals surface area contributed by atoms with Gasteiger partial charge >= 0.3 is 0 Å². The molecule has 0 spiro atoms. The predicted octanol–water partition coefficient (Wildman–Crippen LogP) is 4.54. The summed E-state index contributed by atoms with van der Waals surface area (Å²) in [4.78, 5) is 0. The maximum atomic E-state index is 9.91. The van der Waals surface area contributed by atoms with E-state index < -0.39 is 17.7 Å². The highest BCUT2D eigenvalue weighted by atomic mass is 16.3. The second-order valence-electron chi connectivity index (χ2n) is 7.55. The number of hydrogen-bond donors (Lipinski definition) is 3. The Morgan fingerprint density at radius 1 is 0.773 bits per heavy atom. The first-order chi connectivity index (χ1) is 10.4. The van der Waals surface area contributed by atoms with E-state index in [1.165, 1.54) is 64.2 Å². The van der Waals surface area contributed by atoms with E-state index in [-0.39, 0.29) is 0 Å². The van der Waals surface area contributed by atoms with Crippen LogP contribution < -0.4 is 5.73 Å². The normalized spacial score (nSPS) is 15.0. The quantitative estimate of drug-likeness (QED) is 0.389. The van der Waals surface area contributed by atoms with Crippen molar-refractivity contribution in [3.8, 4) is 0 Å². The number of aliphatic hydroxyl groups is 2. The molecular weight excluding hydrogens is 274 g/mol. The van der Waals surface area contributed by atoms with E-state index in [1.807, 2.05) is 0 Å². The van der Waals surface area contributed by atoms with Crippen LogP contribution in [0.2, 0.25) is 0 Å². The average molecular weight is 316 g/mol. The van der Waals surface area contributed by atoms with Crippen molar-refractivity contribution in [3.05, 3.63) is 0 Å². The van der Waals surface area contributed by atoms with E-state index in [9.17, 15) is 10.2 Å². The SMILES string of the molecule is CCCCCCCCCCCCC[C@@H](O)C[C@H](O)C(C)(C)N. The predicted molar refractivity (Wildman–Crippen MR) is 96.0 cm³/mol. The largest absolute Gasteiger partial charge is 0.393 e. The third-order valence-corrected chi connectivity index (χ3v) is 4.50. The second-order valence-corrected chi connectivity index (χ2v) is 7.55. The molecule has 0 aromatic heterocycles. The van der Waals surface area contributed by atoms with Crippen LogP contribution in [0.15, 0.2) is 0 Å². The Kier molecular flexibility index (Phi) is 13.3. The molecule has 0 radical (unpaired) electrons. The molecule has 0 aromatic carbocycles. The molecule has 0 heterocycles. The summed E-state index contributed by atoms with van der Waals surface area (Å²) in [6, 6.07) is 0. The van der Waals surface area contributed by atoms with Crippen molar-refractivity contribution >= 4 is 0 Å². The summed E-state index contributed by atoms with van der Waals surface area (Å²) in [6.07, 6.45) is 14.6. The number of unbranched alkanes of at least 4 members (excludes halogenated alkanes) is 10. The summed E-state index contributed by atoms with van der Waals surface area (Å²) < 4.78 is 0. The van der Waals surface area contributed by atoms with Crippen LogP contribution in [0.5, 0.6) is 0 Å². The molecule has 22 heavy (non-hydrogen) atoms. The van der Waals surface area contributed by atoms with E-state index in [4.69, 9.17) is 5.73 Å². The molecule has 2 atom stereocenters. The zero-order chi connectivity index (χ0) is 16.8. The standard InChI is InChI=1S/C19H41NO2/c1-4-5-6-7-8-9-10-11-12-13-14-15-17(21)16-18(22)19(2,3)20/h17-18,21-22H,4-16,20H2,1-3H3/t17-,18+/m1/s1. The highest BCUT2D eigenvalue weighted by Crippen LogP contribution is 2.16. The van der Waals surface area contributed by atoms with E-state index in [0.717, 1.165) is 12.8 Å². The molecule has 0 saturated heterocycles. The summed E-state index contributed by atoms with van der Waals surface area (Å²) in [5.41, 5.74) is 5.20. The first-order valence-electron chi connectivity index (χ1n) is 9.53. The average Bonchev–Trinajstić information content (AvgIpc) is 2.43. The molecule has 0 aliphatic rings. The molecule has 0 bridgehead atoms. The molecule has 0 unspecified atom stereocenters. The highest BCUT2D eigenvalue weighted by molar-refractivity contribution is 4.83. The van der Waals surface area contributed by atoms with Gasteiger partial charge in [0.2, 0.25) is 0 Å². The fourth-order valence-electron chi connectivity index (χ4n) is 2.72. The zero-order valence-corrected chi connectivity index (χ0v) is 15.3. The maximum absolute atomic E-state index is 9.91. The van der Waals surface area contributed by atoms with Crippen LogP contribution in [-0.2, 0) is 0 Å². The van der Waals surface area contributed by atoms with Gasteiger partial charge in [-0.3, -0.25) is 0 Å². The van der Waals surface area contributed by atoms with Gasteiger partial charge in [-0.1, -0.05) is 77.6 Å². The number of aliphatic hydroxyl groups excluding tert-OH is 2. The van der Waals surface area contributed by atoms with Crippen molar-refractivity contribution in [3.63, 3.8) is 0 Å². The molecule has 134 valence electrons. The fraction of sp³-hybridized carbons (Fsp3) is 1.00. The number of nitrogens with two attached hydrogens (primary N) is 1. The summed E-state index contributed by atoms with van der Waals surface area (Å²) in [7, 11) is 0. The van der Waals surface area contributed by atoms with E-state index in [0.29, 0.717) is 6.42 Å². The molecule has 0 aliphatic heterocycles. The van der Waals surface area contributed by atoms with Gasteiger partial charge in [0.05, 0.1) is 12.2 Å². The van der Waals surface area contributed by atoms with Gasteiger partial charge in [-0.2, -0.15) is 0 Å². The Morgan fingerprint density at radius 3 is 1.59 bits per heavy atom. The Morgan fingerprint density at radius 2 is 1.18 bits per heavy atom. The lowest BCUT2D eigenvalue weighted by Crippen LogP contribution is -2.46. The first kappa shape index (κ1) is 21.9. The molecule has 3 heteroatoms. The third kappa shape index (κ3) is 13.5. The minimum absolute atomic E-state index is 0.390. The van der Waals surface area contributed by atoms with E-state index in [2.05, 4.69) is 6.92 Å². The Hall–Kier alpha value is -0.120. The molecule has 4 N–H and O–H groups in total. The second kappa shape index (κ2) is 13.3. The summed E-state index contributed by atoms with van der Waals surface area (Å²) in [6.45, 7) is 5.85. The lowest BCUT2D eigenvalue weighted by Gasteiger charge is -2.27. The van der Waals surface area contributed by atoms with Gasteiger partial charge in [-0.05, 0) is 20.3 Å². The van der Waals surface area contributed by atoms with Crippen LogP contribution >= 0.6 is 0 Å². The molecular formula is C19H41NO2. The van der Waals surface area contributed by atoms with Crippen LogP contribution in [0.1, 0.15) is 104 Å². The Balaban J connectivity index is 3.32. The summed E-state index contributed by atoms with van der Waals surface area (Å²) >= 11 is 0. The van der Waals surface area contributed by atoms with Gasteiger partial charge in [0.25, 0.3) is 0 Å². The van der Waals surface area contributed by atoms with E-state index >= 15 is 0 Å². The number of rotatable bonds is 15. The summed E-state index contributed by atoms with van der Waals surface area (Å²) in [5.74, 6) is 0. The van der Waals surface area contributed by atoms with Crippen molar-refractivity contribution in [2.75, 3.05) is 0 Å². The van der Waals surface area contributed by atoms with Gasteiger partial charge in [-0.25, -0.2) is 0 Å². The van der Waals surface area contributed by atoms with Crippen molar-refractivity contribution < 1.29 is 10.2 Å². The molecule has 0 saturated carbocycles. The zero-order valence-electron chi connectivity index (χ0n) is 15.3. The van der Waals surface area contributed by atoms with Crippen LogP contribution in [0, 0.1) is 0 Å². The molecule has 0 rings (SSSR count). The van der Waals surface area contributed by atoms with Crippen LogP contribution in [0.3, 0.4) is 0 Å². The topological polar surface area (TPSA) is 66.5 Å². The third-order valence-electron chi connectivity index (χ3n) is 4.50. The first-order valence-corrected chi connectivity index (χ1v) is 9.53. The summed E-state index contributed by atoms with van der Waals surface area (Å²) in [5, 5.41) is 19.8. The van der Waals surface area contributed by atoms with E-state index in [1.54, 1.807) is 13.8 Å². The Labute approximate surface area is 138 Å². The lowest BCUT2D eigenvalue weighted by molar-refractivity contribution is 0.0372. The molecule has 3 nitrogen and oxygen atoms in total. The lowest BCUT2D eigenvalue weighted by atomic mass is 9.92. The van der Waals surface area contributed by atoms with Crippen LogP contribution in [0.25, 0.3) is 0 Å². The van der Waals surface area contributed by atoms with Crippen molar-refractivity contribution in [2.45, 2.75) is 122 Å². The van der Waals surface area contributed by atoms with Crippen LogP contribution in [0.4, 0.5) is 0 Å². The minimum atomic E-state index is -0.629. The van der Waals surface area contributed by atoms with Gasteiger partial charge in [0, 0.05) is 12.0 Å². The van der Waals surface area contributed by atoms with Crippen molar-refractivity contribution in [1.82, 2.24) is 0 Å². The smallest absolute Gasteiger partial charge is 0.0738 e. The van der Waals surface area contributed by atoms with Gasteiger partial charge in [0.15, 0.2) is 0 Å². The number of hydrogen-bond acceptors (Lipinski definition) is 3. The van der Waals surface area contributed by atoms with Gasteiger partial charge < -0.3 is 15.9 Å². The van der Waals surface area contributed by atoms with Gasteiger partial charge in [-0.15, -0.1) is 0 Å².